The van der Waals surface area contributed by atoms with Crippen molar-refractivity contribution in [3.8, 4) is 0 Å². The molecule has 0 atom stereocenters. The van der Waals surface area contributed by atoms with E-state index in [0.717, 1.165) is 50.9 Å². The summed E-state index contributed by atoms with van der Waals surface area (Å²) in [5.41, 5.74) is 6.23. The van der Waals surface area contributed by atoms with Gasteiger partial charge >= 0.3 is 6.03 Å². The van der Waals surface area contributed by atoms with Crippen LogP contribution in [0, 0.1) is 0 Å². The SMILES string of the molecule is CNC(=O)NC1CN(CCCCCc2conc2C(N)=O)C1. The van der Waals surface area contributed by atoms with E-state index in [2.05, 4.69) is 20.7 Å². The van der Waals surface area contributed by atoms with Gasteiger partial charge in [-0.15, -0.1) is 0 Å². The van der Waals surface area contributed by atoms with Gasteiger partial charge in [0.25, 0.3) is 5.91 Å². The van der Waals surface area contributed by atoms with E-state index in [0.29, 0.717) is 0 Å². The summed E-state index contributed by atoms with van der Waals surface area (Å²) >= 11 is 0. The molecular formula is C14H23N5O3. The lowest BCUT2D eigenvalue weighted by Crippen LogP contribution is -2.60. The van der Waals surface area contributed by atoms with E-state index in [-0.39, 0.29) is 17.8 Å². The van der Waals surface area contributed by atoms with Crippen molar-refractivity contribution < 1.29 is 14.1 Å². The third-order valence-electron chi connectivity index (χ3n) is 3.82. The van der Waals surface area contributed by atoms with Crippen LogP contribution in [0.2, 0.25) is 0 Å². The molecule has 1 fully saturated rings. The van der Waals surface area contributed by atoms with Crippen molar-refractivity contribution in [1.29, 1.82) is 0 Å². The largest absolute Gasteiger partial charge is 0.364 e. The molecule has 8 nitrogen and oxygen atoms in total. The van der Waals surface area contributed by atoms with Crippen LogP contribution in [-0.2, 0) is 6.42 Å². The Morgan fingerprint density at radius 3 is 2.86 bits per heavy atom. The molecule has 1 aromatic rings. The predicted octanol–water partition coefficient (Wildman–Crippen LogP) is 0.0995. The number of carbonyl (C=O) groups is 2. The average Bonchev–Trinajstić information content (AvgIpc) is 2.92. The van der Waals surface area contributed by atoms with E-state index in [1.165, 1.54) is 6.26 Å². The highest BCUT2D eigenvalue weighted by Gasteiger charge is 2.26. The van der Waals surface area contributed by atoms with Crippen LogP contribution in [0.3, 0.4) is 0 Å². The summed E-state index contributed by atoms with van der Waals surface area (Å²) in [6.45, 7) is 2.84. The second-order valence-electron chi connectivity index (χ2n) is 5.54. The molecule has 1 aliphatic rings. The lowest BCUT2D eigenvalue weighted by Gasteiger charge is -2.39. The summed E-state index contributed by atoms with van der Waals surface area (Å²) < 4.78 is 4.78. The van der Waals surface area contributed by atoms with E-state index in [1.807, 2.05) is 0 Å². The monoisotopic (exact) mass is 309 g/mol. The molecule has 0 aliphatic carbocycles. The molecule has 1 saturated heterocycles. The maximum atomic E-state index is 11.1. The smallest absolute Gasteiger partial charge is 0.314 e. The minimum absolute atomic E-state index is 0.122. The molecule has 2 heterocycles. The number of nitrogens with zero attached hydrogens (tertiary/aromatic N) is 2. The number of hydrogen-bond donors (Lipinski definition) is 3. The van der Waals surface area contributed by atoms with Gasteiger partial charge in [0.1, 0.15) is 6.26 Å². The first-order chi connectivity index (χ1) is 10.6. The normalized spacial score (nSPS) is 15.3. The summed E-state index contributed by atoms with van der Waals surface area (Å²) in [7, 11) is 1.62. The molecule has 1 aromatic heterocycles. The zero-order valence-electron chi connectivity index (χ0n) is 12.8. The molecule has 122 valence electrons. The van der Waals surface area contributed by atoms with Crippen LogP contribution in [0.25, 0.3) is 0 Å². The van der Waals surface area contributed by atoms with Gasteiger partial charge in [0, 0.05) is 25.7 Å². The third kappa shape index (κ3) is 4.45. The minimum atomic E-state index is -0.543. The van der Waals surface area contributed by atoms with Crippen LogP contribution in [0.1, 0.15) is 35.3 Å². The van der Waals surface area contributed by atoms with E-state index in [9.17, 15) is 9.59 Å². The zero-order valence-corrected chi connectivity index (χ0v) is 12.8. The number of nitrogens with one attached hydrogen (secondary N) is 2. The van der Waals surface area contributed by atoms with Crippen LogP contribution >= 0.6 is 0 Å². The molecule has 4 N–H and O–H groups in total. The fraction of sp³-hybridized carbons (Fsp3) is 0.643. The Hall–Kier alpha value is -2.09. The number of amides is 3. The Balaban J connectivity index is 1.53. The highest BCUT2D eigenvalue weighted by molar-refractivity contribution is 5.91. The zero-order chi connectivity index (χ0) is 15.9. The maximum absolute atomic E-state index is 11.1. The Morgan fingerprint density at radius 1 is 1.41 bits per heavy atom. The minimum Gasteiger partial charge on any atom is -0.364 e. The van der Waals surface area contributed by atoms with E-state index in [4.69, 9.17) is 10.3 Å². The summed E-state index contributed by atoms with van der Waals surface area (Å²) in [5.74, 6) is -0.543. The first kappa shape index (κ1) is 16.3. The summed E-state index contributed by atoms with van der Waals surface area (Å²) in [4.78, 5) is 24.5. The standard InChI is InChI=1S/C14H23N5O3/c1-16-14(21)17-11-7-19(8-11)6-4-2-3-5-10-9-22-18-12(10)13(15)20/h9,11H,2-8H2,1H3,(H2,15,20)(H2,16,17,21). The molecule has 8 heteroatoms. The van der Waals surface area contributed by atoms with Crippen molar-refractivity contribution in [2.24, 2.45) is 5.73 Å². The quantitative estimate of drug-likeness (QED) is 0.589. The van der Waals surface area contributed by atoms with Crippen molar-refractivity contribution in [2.45, 2.75) is 31.7 Å². The topological polar surface area (TPSA) is 113 Å². The number of rotatable bonds is 8. The number of carbonyl (C=O) groups excluding carboxylic acids is 2. The third-order valence-corrected chi connectivity index (χ3v) is 3.82. The van der Waals surface area contributed by atoms with E-state index in [1.54, 1.807) is 7.05 Å². The number of primary amides is 1. The van der Waals surface area contributed by atoms with Crippen molar-refractivity contribution >= 4 is 11.9 Å². The fourth-order valence-electron chi connectivity index (χ4n) is 2.57. The summed E-state index contributed by atoms with van der Waals surface area (Å²) in [6, 6.07) is 0.138. The summed E-state index contributed by atoms with van der Waals surface area (Å²) in [6.07, 6.45) is 5.36. The first-order valence-electron chi connectivity index (χ1n) is 7.53. The highest BCUT2D eigenvalue weighted by Crippen LogP contribution is 2.13. The van der Waals surface area contributed by atoms with E-state index >= 15 is 0 Å². The Morgan fingerprint density at radius 2 is 2.18 bits per heavy atom. The second kappa shape index (κ2) is 7.79. The molecule has 2 rings (SSSR count). The van der Waals surface area contributed by atoms with Gasteiger partial charge in [-0.2, -0.15) is 0 Å². The number of aryl methyl sites for hydroxylation is 1. The van der Waals surface area contributed by atoms with Gasteiger partial charge in [0.2, 0.25) is 0 Å². The molecule has 0 unspecified atom stereocenters. The summed E-state index contributed by atoms with van der Waals surface area (Å²) in [5, 5.41) is 9.04. The number of aromatic nitrogens is 1. The first-order valence-corrected chi connectivity index (χ1v) is 7.53. The molecule has 0 radical (unpaired) electrons. The molecule has 0 aromatic carbocycles. The van der Waals surface area contributed by atoms with Gasteiger partial charge in [-0.3, -0.25) is 9.69 Å². The molecular weight excluding hydrogens is 286 g/mol. The van der Waals surface area contributed by atoms with Gasteiger partial charge in [0.05, 0.1) is 6.04 Å². The Kier molecular flexibility index (Phi) is 5.76. The maximum Gasteiger partial charge on any atom is 0.314 e. The molecule has 0 bridgehead atoms. The van der Waals surface area contributed by atoms with Gasteiger partial charge in [0.15, 0.2) is 5.69 Å². The van der Waals surface area contributed by atoms with Crippen LogP contribution < -0.4 is 16.4 Å². The lowest BCUT2D eigenvalue weighted by molar-refractivity contribution is 0.0991. The number of hydrogen-bond acceptors (Lipinski definition) is 5. The molecule has 0 spiro atoms. The molecule has 1 aliphatic heterocycles. The number of urea groups is 1. The number of unbranched alkanes of at least 4 members (excludes halogenated alkanes) is 2. The van der Waals surface area contributed by atoms with Gasteiger partial charge < -0.3 is 20.9 Å². The van der Waals surface area contributed by atoms with Crippen molar-refractivity contribution in [2.75, 3.05) is 26.7 Å². The molecule has 0 saturated carbocycles. The van der Waals surface area contributed by atoms with Crippen molar-refractivity contribution in [3.05, 3.63) is 17.5 Å². The number of nitrogens with two attached hydrogens (primary N) is 1. The second-order valence-corrected chi connectivity index (χ2v) is 5.54. The van der Waals surface area contributed by atoms with Gasteiger partial charge in [-0.25, -0.2) is 4.79 Å². The highest BCUT2D eigenvalue weighted by atomic mass is 16.5. The van der Waals surface area contributed by atoms with Crippen LogP contribution in [-0.4, -0.2) is 54.7 Å². The fourth-order valence-corrected chi connectivity index (χ4v) is 2.57. The predicted molar refractivity (Wildman–Crippen MR) is 80.4 cm³/mol. The number of likely N-dealkylation sites (tertiary alicyclic amines) is 1. The van der Waals surface area contributed by atoms with Gasteiger partial charge in [-0.1, -0.05) is 11.6 Å². The van der Waals surface area contributed by atoms with Crippen LogP contribution in [0.4, 0.5) is 4.79 Å². The van der Waals surface area contributed by atoms with Crippen molar-refractivity contribution in [3.63, 3.8) is 0 Å². The molecule has 22 heavy (non-hydrogen) atoms. The Labute approximate surface area is 129 Å². The van der Waals surface area contributed by atoms with Gasteiger partial charge in [-0.05, 0) is 25.8 Å². The lowest BCUT2D eigenvalue weighted by atomic mass is 10.1. The van der Waals surface area contributed by atoms with Crippen LogP contribution in [0.5, 0.6) is 0 Å². The van der Waals surface area contributed by atoms with Crippen molar-refractivity contribution in [1.82, 2.24) is 20.7 Å². The average molecular weight is 309 g/mol. The molecule has 3 amide bonds. The van der Waals surface area contributed by atoms with E-state index < -0.39 is 5.91 Å². The van der Waals surface area contributed by atoms with Crippen LogP contribution in [0.15, 0.2) is 10.8 Å². The Bertz CT molecular complexity index is 510.